The van der Waals surface area contributed by atoms with Crippen LogP contribution >= 0.6 is 0 Å². The molecule has 0 bridgehead atoms. The van der Waals surface area contributed by atoms with E-state index in [2.05, 4.69) is 10.3 Å². The molecule has 8 heteroatoms. The summed E-state index contributed by atoms with van der Waals surface area (Å²) in [5, 5.41) is 3.03. The number of primary amides is 1. The van der Waals surface area contributed by atoms with Gasteiger partial charge in [-0.15, -0.1) is 0 Å². The molecule has 3 N–H and O–H groups in total. The maximum atomic E-state index is 12.8. The van der Waals surface area contributed by atoms with Crippen molar-refractivity contribution in [2.24, 2.45) is 5.73 Å². The molecule has 0 saturated carbocycles. The number of anilines is 1. The minimum atomic E-state index is -4.55. The summed E-state index contributed by atoms with van der Waals surface area (Å²) < 4.78 is 38.4. The molecule has 1 unspecified atom stereocenters. The Morgan fingerprint density at radius 2 is 1.81 bits per heavy atom. The first kappa shape index (κ1) is 18.4. The van der Waals surface area contributed by atoms with E-state index in [-0.39, 0.29) is 5.69 Å². The Morgan fingerprint density at radius 1 is 1.04 bits per heavy atom. The van der Waals surface area contributed by atoms with Gasteiger partial charge in [0.15, 0.2) is 0 Å². The first-order chi connectivity index (χ1) is 12.8. The lowest BCUT2D eigenvalue weighted by Crippen LogP contribution is -2.32. The largest absolute Gasteiger partial charge is 0.416 e. The Kier molecular flexibility index (Phi) is 4.81. The molecule has 2 aromatic carbocycles. The minimum absolute atomic E-state index is 0.0801. The summed E-state index contributed by atoms with van der Waals surface area (Å²) in [6.07, 6.45) is -2.94. The molecule has 1 aromatic heterocycles. The molecule has 0 aliphatic carbocycles. The number of nitrogens with zero attached hydrogens (tertiary/aromatic N) is 1. The highest BCUT2D eigenvalue weighted by Crippen LogP contribution is 2.31. The quantitative estimate of drug-likeness (QED) is 0.687. The van der Waals surface area contributed by atoms with E-state index in [1.807, 2.05) is 0 Å². The molecular weight excluding hydrogens is 359 g/mol. The Bertz CT molecular complexity index is 1020. The monoisotopic (exact) mass is 373 g/mol. The molecule has 3 aromatic rings. The normalized spacial score (nSPS) is 12.6. The van der Waals surface area contributed by atoms with Crippen LogP contribution in [-0.2, 0) is 15.8 Å². The van der Waals surface area contributed by atoms with Crippen molar-refractivity contribution in [2.45, 2.75) is 12.1 Å². The van der Waals surface area contributed by atoms with Gasteiger partial charge in [-0.3, -0.25) is 14.6 Å². The second kappa shape index (κ2) is 7.06. The van der Waals surface area contributed by atoms with Crippen molar-refractivity contribution in [3.8, 4) is 0 Å². The summed E-state index contributed by atoms with van der Waals surface area (Å²) in [6.45, 7) is 0. The van der Waals surface area contributed by atoms with Gasteiger partial charge in [0.1, 0.15) is 5.92 Å². The molecule has 1 heterocycles. The molecule has 0 radical (unpaired) electrons. The van der Waals surface area contributed by atoms with E-state index in [9.17, 15) is 22.8 Å². The number of fused-ring (bicyclic) bond motifs is 1. The maximum Gasteiger partial charge on any atom is 0.416 e. The van der Waals surface area contributed by atoms with E-state index in [1.165, 1.54) is 18.2 Å². The van der Waals surface area contributed by atoms with Crippen LogP contribution in [0.1, 0.15) is 17.0 Å². The first-order valence-corrected chi connectivity index (χ1v) is 7.88. The zero-order chi connectivity index (χ0) is 19.6. The summed E-state index contributed by atoms with van der Waals surface area (Å²) in [7, 11) is 0. The molecule has 5 nitrogen and oxygen atoms in total. The molecule has 0 fully saturated rings. The number of benzene rings is 2. The number of nitrogens with two attached hydrogens (primary N) is 1. The average molecular weight is 373 g/mol. The summed E-state index contributed by atoms with van der Waals surface area (Å²) in [6, 6.07) is 12.4. The van der Waals surface area contributed by atoms with Crippen LogP contribution < -0.4 is 11.1 Å². The third-order valence-corrected chi connectivity index (χ3v) is 3.96. The summed E-state index contributed by atoms with van der Waals surface area (Å²) in [5.74, 6) is -3.09. The highest BCUT2D eigenvalue weighted by molar-refractivity contribution is 6.11. The Hall–Kier alpha value is -3.42. The van der Waals surface area contributed by atoms with Crippen molar-refractivity contribution in [3.63, 3.8) is 0 Å². The molecule has 0 aliphatic rings. The predicted octanol–water partition coefficient (Wildman–Crippen LogP) is 3.46. The molecular formula is C19H14F3N3O2. The average Bonchev–Trinajstić information content (AvgIpc) is 2.61. The van der Waals surface area contributed by atoms with E-state index in [0.717, 1.165) is 12.1 Å². The van der Waals surface area contributed by atoms with Crippen LogP contribution in [-0.4, -0.2) is 16.8 Å². The number of carbonyl (C=O) groups is 2. The van der Waals surface area contributed by atoms with Gasteiger partial charge in [0.05, 0.1) is 11.1 Å². The van der Waals surface area contributed by atoms with Gasteiger partial charge in [0.25, 0.3) is 0 Å². The third-order valence-electron chi connectivity index (χ3n) is 3.96. The molecule has 2 amide bonds. The van der Waals surface area contributed by atoms with Gasteiger partial charge < -0.3 is 11.1 Å². The number of hydrogen-bond acceptors (Lipinski definition) is 3. The molecule has 0 aliphatic heterocycles. The number of carbonyl (C=O) groups excluding carboxylic acids is 2. The molecule has 3 rings (SSSR count). The second-order valence-corrected chi connectivity index (χ2v) is 5.86. The fourth-order valence-electron chi connectivity index (χ4n) is 2.71. The number of aromatic nitrogens is 1. The van der Waals surface area contributed by atoms with Crippen molar-refractivity contribution in [3.05, 3.63) is 71.9 Å². The second-order valence-electron chi connectivity index (χ2n) is 5.86. The molecule has 0 saturated heterocycles. The number of halogens is 3. The van der Waals surface area contributed by atoms with Crippen LogP contribution in [0.2, 0.25) is 0 Å². The lowest BCUT2D eigenvalue weighted by Gasteiger charge is -2.15. The van der Waals surface area contributed by atoms with Crippen molar-refractivity contribution in [2.75, 3.05) is 5.32 Å². The van der Waals surface area contributed by atoms with E-state index in [4.69, 9.17) is 5.73 Å². The van der Waals surface area contributed by atoms with Crippen LogP contribution in [0, 0.1) is 0 Å². The van der Waals surface area contributed by atoms with Gasteiger partial charge >= 0.3 is 6.18 Å². The number of hydrogen-bond donors (Lipinski definition) is 2. The number of rotatable bonds is 4. The Labute approximate surface area is 152 Å². The van der Waals surface area contributed by atoms with Crippen LogP contribution in [0.15, 0.2) is 60.8 Å². The third kappa shape index (κ3) is 4.05. The van der Waals surface area contributed by atoms with Gasteiger partial charge in [-0.05, 0) is 42.0 Å². The number of amides is 2. The fourth-order valence-corrected chi connectivity index (χ4v) is 2.71. The Morgan fingerprint density at radius 3 is 2.52 bits per heavy atom. The molecule has 27 heavy (non-hydrogen) atoms. The smallest absolute Gasteiger partial charge is 0.369 e. The molecule has 138 valence electrons. The van der Waals surface area contributed by atoms with Crippen LogP contribution in [0.4, 0.5) is 18.9 Å². The van der Waals surface area contributed by atoms with Gasteiger partial charge in [0.2, 0.25) is 11.8 Å². The van der Waals surface area contributed by atoms with Gasteiger partial charge in [0, 0.05) is 17.3 Å². The fraction of sp³-hybridized carbons (Fsp3) is 0.105. The lowest BCUT2D eigenvalue weighted by molar-refractivity contribution is -0.137. The van der Waals surface area contributed by atoms with Crippen molar-refractivity contribution in [1.29, 1.82) is 0 Å². The number of alkyl halides is 3. The zero-order valence-electron chi connectivity index (χ0n) is 13.8. The maximum absolute atomic E-state index is 12.8. The zero-order valence-corrected chi connectivity index (χ0v) is 13.8. The van der Waals surface area contributed by atoms with Gasteiger partial charge in [-0.25, -0.2) is 0 Å². The summed E-state index contributed by atoms with van der Waals surface area (Å²) >= 11 is 0. The van der Waals surface area contributed by atoms with Crippen molar-refractivity contribution < 1.29 is 22.8 Å². The molecule has 0 spiro atoms. The minimum Gasteiger partial charge on any atom is -0.369 e. The van der Waals surface area contributed by atoms with E-state index < -0.39 is 29.5 Å². The first-order valence-electron chi connectivity index (χ1n) is 7.88. The van der Waals surface area contributed by atoms with E-state index in [1.54, 1.807) is 30.5 Å². The highest BCUT2D eigenvalue weighted by Gasteiger charge is 2.31. The topological polar surface area (TPSA) is 85.1 Å². The summed E-state index contributed by atoms with van der Waals surface area (Å²) in [4.78, 5) is 28.6. The van der Waals surface area contributed by atoms with Crippen LogP contribution in [0.25, 0.3) is 10.9 Å². The van der Waals surface area contributed by atoms with Crippen molar-refractivity contribution >= 4 is 28.4 Å². The van der Waals surface area contributed by atoms with E-state index in [0.29, 0.717) is 16.5 Å². The molecule has 1 atom stereocenters. The SMILES string of the molecule is NC(=O)C(C(=O)Nc1cccc(C(F)(F)F)c1)c1ccc2ncccc2c1. The van der Waals surface area contributed by atoms with E-state index >= 15 is 0 Å². The number of pyridine rings is 1. The highest BCUT2D eigenvalue weighted by atomic mass is 19.4. The predicted molar refractivity (Wildman–Crippen MR) is 93.8 cm³/mol. The van der Waals surface area contributed by atoms with Crippen molar-refractivity contribution in [1.82, 2.24) is 4.98 Å². The Balaban J connectivity index is 1.91. The summed E-state index contributed by atoms with van der Waals surface area (Å²) in [5.41, 5.74) is 5.38. The van der Waals surface area contributed by atoms with Crippen LogP contribution in [0.3, 0.4) is 0 Å². The lowest BCUT2D eigenvalue weighted by atomic mass is 9.95. The number of nitrogens with one attached hydrogen (secondary N) is 1. The van der Waals surface area contributed by atoms with Gasteiger partial charge in [-0.2, -0.15) is 13.2 Å². The standard InChI is InChI=1S/C19H14F3N3O2/c20-19(21,22)13-4-1-5-14(10-13)25-18(27)16(17(23)26)12-6-7-15-11(9-12)3-2-8-24-15/h1-10,16H,(H2,23,26)(H,25,27). The van der Waals surface area contributed by atoms with Gasteiger partial charge in [-0.1, -0.05) is 18.2 Å². The van der Waals surface area contributed by atoms with Crippen LogP contribution in [0.5, 0.6) is 0 Å².